The lowest BCUT2D eigenvalue weighted by Gasteiger charge is -2.20. The molecule has 2 saturated heterocycles. The van der Waals surface area contributed by atoms with Crippen molar-refractivity contribution < 1.29 is 4.79 Å². The first kappa shape index (κ1) is 15.4. The first-order chi connectivity index (χ1) is 11.8. The van der Waals surface area contributed by atoms with Crippen LogP contribution in [0.5, 0.6) is 0 Å². The van der Waals surface area contributed by atoms with Crippen molar-refractivity contribution in [3.63, 3.8) is 0 Å². The molecule has 0 unspecified atom stereocenters. The molecule has 1 amide bonds. The van der Waals surface area contributed by atoms with Crippen molar-refractivity contribution in [1.29, 1.82) is 0 Å². The minimum Gasteiger partial charge on any atom is -0.342 e. The fraction of sp³-hybridized carbons (Fsp3) is 0.474. The summed E-state index contributed by atoms with van der Waals surface area (Å²) in [6.45, 7) is 4.02. The third-order valence-electron chi connectivity index (χ3n) is 5.37. The Kier molecular flexibility index (Phi) is 4.34. The van der Waals surface area contributed by atoms with Crippen LogP contribution in [0.25, 0.3) is 5.69 Å². The van der Waals surface area contributed by atoms with Crippen molar-refractivity contribution >= 4 is 5.91 Å². The molecule has 5 nitrogen and oxygen atoms in total. The number of hydrogen-bond donors (Lipinski definition) is 1. The molecule has 0 aliphatic carbocycles. The highest BCUT2D eigenvalue weighted by atomic mass is 16.2. The number of nitrogens with one attached hydrogen (secondary N) is 1. The van der Waals surface area contributed by atoms with E-state index in [0.29, 0.717) is 6.42 Å². The molecule has 24 heavy (non-hydrogen) atoms. The van der Waals surface area contributed by atoms with E-state index < -0.39 is 0 Å². The van der Waals surface area contributed by atoms with Gasteiger partial charge in [-0.05, 0) is 56.0 Å². The molecule has 2 aromatic rings. The fourth-order valence-electron chi connectivity index (χ4n) is 3.91. The van der Waals surface area contributed by atoms with Crippen LogP contribution < -0.4 is 5.32 Å². The maximum absolute atomic E-state index is 12.6. The van der Waals surface area contributed by atoms with Gasteiger partial charge in [0.25, 0.3) is 0 Å². The standard InChI is InChI=1S/C19H24N4O/c24-19(22-9-6-15-13-20-14-16(15)7-10-22)12-17-8-11-23(21-17)18-4-2-1-3-5-18/h1-5,8,11,15-16,20H,6-7,9-10,12-14H2/t15-,16+. The van der Waals surface area contributed by atoms with Gasteiger partial charge in [0.1, 0.15) is 0 Å². The highest BCUT2D eigenvalue weighted by Gasteiger charge is 2.31. The second-order valence-corrected chi connectivity index (χ2v) is 6.90. The van der Waals surface area contributed by atoms with E-state index in [1.54, 1.807) is 0 Å². The van der Waals surface area contributed by atoms with Crippen LogP contribution in [0.1, 0.15) is 18.5 Å². The molecule has 1 N–H and O–H groups in total. The maximum Gasteiger partial charge on any atom is 0.228 e. The molecule has 0 bridgehead atoms. The molecule has 126 valence electrons. The van der Waals surface area contributed by atoms with E-state index in [4.69, 9.17) is 0 Å². The average Bonchev–Trinajstić information content (AvgIpc) is 3.21. The minimum atomic E-state index is 0.209. The number of rotatable bonds is 3. The number of nitrogens with zero attached hydrogens (tertiary/aromatic N) is 3. The molecule has 2 aliphatic heterocycles. The van der Waals surface area contributed by atoms with Crippen LogP contribution in [0.4, 0.5) is 0 Å². The fourth-order valence-corrected chi connectivity index (χ4v) is 3.91. The van der Waals surface area contributed by atoms with E-state index in [0.717, 1.165) is 62.2 Å². The number of fused-ring (bicyclic) bond motifs is 1. The SMILES string of the molecule is O=C(Cc1ccn(-c2ccccc2)n1)N1CC[C@@H]2CNC[C@@H]2CC1. The van der Waals surface area contributed by atoms with E-state index in [9.17, 15) is 4.79 Å². The Hall–Kier alpha value is -2.14. The van der Waals surface area contributed by atoms with Crippen molar-refractivity contribution in [3.05, 3.63) is 48.3 Å². The summed E-state index contributed by atoms with van der Waals surface area (Å²) in [7, 11) is 0. The van der Waals surface area contributed by atoms with Gasteiger partial charge in [-0.2, -0.15) is 5.10 Å². The van der Waals surface area contributed by atoms with Gasteiger partial charge in [0.2, 0.25) is 5.91 Å². The molecular weight excluding hydrogens is 300 g/mol. The number of carbonyl (C=O) groups excluding carboxylic acids is 1. The van der Waals surface area contributed by atoms with Crippen LogP contribution in [0.3, 0.4) is 0 Å². The van der Waals surface area contributed by atoms with Gasteiger partial charge >= 0.3 is 0 Å². The number of benzene rings is 1. The van der Waals surface area contributed by atoms with Crippen LogP contribution in [-0.4, -0.2) is 46.8 Å². The van der Waals surface area contributed by atoms with Crippen LogP contribution >= 0.6 is 0 Å². The summed E-state index contributed by atoms with van der Waals surface area (Å²) < 4.78 is 1.83. The van der Waals surface area contributed by atoms with Crippen LogP contribution in [-0.2, 0) is 11.2 Å². The Labute approximate surface area is 142 Å². The molecule has 1 aromatic carbocycles. The lowest BCUT2D eigenvalue weighted by molar-refractivity contribution is -0.130. The Balaban J connectivity index is 1.38. The topological polar surface area (TPSA) is 50.2 Å². The summed E-state index contributed by atoms with van der Waals surface area (Å²) in [6, 6.07) is 11.9. The van der Waals surface area contributed by atoms with Crippen molar-refractivity contribution in [2.45, 2.75) is 19.3 Å². The smallest absolute Gasteiger partial charge is 0.228 e. The van der Waals surface area contributed by atoms with Crippen molar-refractivity contribution in [1.82, 2.24) is 20.0 Å². The number of hydrogen-bond acceptors (Lipinski definition) is 3. The molecular formula is C19H24N4O. The summed E-state index contributed by atoms with van der Waals surface area (Å²) in [5, 5.41) is 8.03. The molecule has 2 fully saturated rings. The second-order valence-electron chi connectivity index (χ2n) is 6.90. The van der Waals surface area contributed by atoms with Crippen LogP contribution in [0, 0.1) is 11.8 Å². The van der Waals surface area contributed by atoms with Gasteiger partial charge in [-0.25, -0.2) is 4.68 Å². The number of amides is 1. The normalized spacial score (nSPS) is 23.8. The molecule has 3 heterocycles. The molecule has 0 saturated carbocycles. The van der Waals surface area contributed by atoms with Gasteiger partial charge < -0.3 is 10.2 Å². The van der Waals surface area contributed by atoms with E-state index in [-0.39, 0.29) is 5.91 Å². The number of aromatic nitrogens is 2. The summed E-state index contributed by atoms with van der Waals surface area (Å²) >= 11 is 0. The zero-order valence-electron chi connectivity index (χ0n) is 13.9. The summed E-state index contributed by atoms with van der Waals surface area (Å²) in [4.78, 5) is 14.7. The van der Waals surface area contributed by atoms with Crippen molar-refractivity contribution in [2.75, 3.05) is 26.2 Å². The van der Waals surface area contributed by atoms with E-state index in [1.807, 2.05) is 52.2 Å². The Bertz CT molecular complexity index is 682. The maximum atomic E-state index is 12.6. The lowest BCUT2D eigenvalue weighted by atomic mass is 9.92. The molecule has 5 heteroatoms. The molecule has 1 aromatic heterocycles. The zero-order chi connectivity index (χ0) is 16.4. The molecule has 2 atom stereocenters. The van der Waals surface area contributed by atoms with Gasteiger partial charge in [0.05, 0.1) is 17.8 Å². The van der Waals surface area contributed by atoms with E-state index in [1.165, 1.54) is 0 Å². The van der Waals surface area contributed by atoms with Crippen molar-refractivity contribution in [3.8, 4) is 5.69 Å². The Morgan fingerprint density at radius 3 is 2.50 bits per heavy atom. The highest BCUT2D eigenvalue weighted by Crippen LogP contribution is 2.27. The quantitative estimate of drug-likeness (QED) is 0.938. The third kappa shape index (κ3) is 3.22. The van der Waals surface area contributed by atoms with Crippen LogP contribution in [0.2, 0.25) is 0 Å². The summed E-state index contributed by atoms with van der Waals surface area (Å²) in [5.41, 5.74) is 1.86. The largest absolute Gasteiger partial charge is 0.342 e. The number of carbonyl (C=O) groups is 1. The minimum absolute atomic E-state index is 0.209. The Morgan fingerprint density at radius 2 is 1.79 bits per heavy atom. The van der Waals surface area contributed by atoms with Gasteiger partial charge in [-0.15, -0.1) is 0 Å². The first-order valence-electron chi connectivity index (χ1n) is 8.88. The first-order valence-corrected chi connectivity index (χ1v) is 8.88. The van der Waals surface area contributed by atoms with E-state index >= 15 is 0 Å². The van der Waals surface area contributed by atoms with Crippen LogP contribution in [0.15, 0.2) is 42.6 Å². The Morgan fingerprint density at radius 1 is 1.08 bits per heavy atom. The monoisotopic (exact) mass is 324 g/mol. The summed E-state index contributed by atoms with van der Waals surface area (Å²) in [6.07, 6.45) is 4.58. The van der Waals surface area contributed by atoms with Crippen molar-refractivity contribution in [2.24, 2.45) is 11.8 Å². The summed E-state index contributed by atoms with van der Waals surface area (Å²) in [5.74, 6) is 1.71. The molecule has 0 radical (unpaired) electrons. The van der Waals surface area contributed by atoms with Gasteiger partial charge in [0, 0.05) is 19.3 Å². The van der Waals surface area contributed by atoms with Gasteiger partial charge in [-0.3, -0.25) is 4.79 Å². The number of likely N-dealkylation sites (tertiary alicyclic amines) is 1. The number of para-hydroxylation sites is 1. The average molecular weight is 324 g/mol. The van der Waals surface area contributed by atoms with Gasteiger partial charge in [-0.1, -0.05) is 18.2 Å². The molecule has 4 rings (SSSR count). The zero-order valence-corrected chi connectivity index (χ0v) is 13.9. The highest BCUT2D eigenvalue weighted by molar-refractivity contribution is 5.78. The lowest BCUT2D eigenvalue weighted by Crippen LogP contribution is -2.34. The second kappa shape index (κ2) is 6.77. The molecule has 0 spiro atoms. The predicted molar refractivity (Wildman–Crippen MR) is 92.9 cm³/mol. The predicted octanol–water partition coefficient (Wildman–Crippen LogP) is 1.87. The third-order valence-corrected chi connectivity index (χ3v) is 5.37. The van der Waals surface area contributed by atoms with E-state index in [2.05, 4.69) is 10.4 Å². The molecule has 2 aliphatic rings. The van der Waals surface area contributed by atoms with Gasteiger partial charge in [0.15, 0.2) is 0 Å².